The maximum Gasteiger partial charge on any atom is 0.238 e. The average molecular weight is 238 g/mol. The monoisotopic (exact) mass is 238 g/mol. The lowest BCUT2D eigenvalue weighted by molar-refractivity contribution is -0.147. The molecule has 2 rings (SSSR count). The Labute approximate surface area is 98.5 Å². The number of hydrogen-bond acceptors (Lipinski definition) is 4. The molecule has 4 amide bonds. The van der Waals surface area contributed by atoms with Crippen molar-refractivity contribution >= 4 is 23.6 Å². The molecule has 0 aromatic heterocycles. The van der Waals surface area contributed by atoms with E-state index >= 15 is 0 Å². The van der Waals surface area contributed by atoms with Crippen molar-refractivity contribution in [3.63, 3.8) is 0 Å². The highest BCUT2D eigenvalue weighted by Crippen LogP contribution is 2.14. The van der Waals surface area contributed by atoms with Crippen LogP contribution in [-0.2, 0) is 19.2 Å². The van der Waals surface area contributed by atoms with Crippen LogP contribution in [0.25, 0.3) is 0 Å². The van der Waals surface area contributed by atoms with Crippen molar-refractivity contribution < 1.29 is 19.2 Å². The lowest BCUT2D eigenvalue weighted by atomic mass is 10.3. The Bertz CT molecular complexity index is 355. The normalized spacial score (nSPS) is 20.2. The van der Waals surface area contributed by atoms with Crippen LogP contribution in [0.3, 0.4) is 0 Å². The van der Waals surface area contributed by atoms with Gasteiger partial charge in [0.1, 0.15) is 6.42 Å². The smallest absolute Gasteiger partial charge is 0.238 e. The summed E-state index contributed by atoms with van der Waals surface area (Å²) in [5.41, 5.74) is 0. The van der Waals surface area contributed by atoms with E-state index < -0.39 is 11.8 Å². The molecule has 0 atom stereocenters. The number of imide groups is 2. The van der Waals surface area contributed by atoms with Crippen LogP contribution in [0.1, 0.15) is 32.1 Å². The molecule has 2 aliphatic rings. The van der Waals surface area contributed by atoms with E-state index in [0.717, 1.165) is 9.80 Å². The van der Waals surface area contributed by atoms with Crippen LogP contribution in [0.15, 0.2) is 0 Å². The molecule has 6 nitrogen and oxygen atoms in total. The van der Waals surface area contributed by atoms with Gasteiger partial charge in [0.2, 0.25) is 23.6 Å². The van der Waals surface area contributed by atoms with Gasteiger partial charge in [-0.2, -0.15) is 0 Å². The Kier molecular flexibility index (Phi) is 3.21. The third-order valence-corrected chi connectivity index (χ3v) is 3.05. The summed E-state index contributed by atoms with van der Waals surface area (Å²) in [5, 5.41) is 0. The lowest BCUT2D eigenvalue weighted by Gasteiger charge is -2.16. The molecule has 2 fully saturated rings. The maximum absolute atomic E-state index is 11.7. The Morgan fingerprint density at radius 3 is 1.59 bits per heavy atom. The van der Waals surface area contributed by atoms with Crippen molar-refractivity contribution in [2.24, 2.45) is 0 Å². The summed E-state index contributed by atoms with van der Waals surface area (Å²) in [5.74, 6) is -1.43. The summed E-state index contributed by atoms with van der Waals surface area (Å²) >= 11 is 0. The van der Waals surface area contributed by atoms with Crippen molar-refractivity contribution in [2.45, 2.75) is 32.1 Å². The molecular weight excluding hydrogens is 224 g/mol. The molecule has 6 heteroatoms. The predicted octanol–water partition coefficient (Wildman–Crippen LogP) is -0.325. The van der Waals surface area contributed by atoms with E-state index in [4.69, 9.17) is 0 Å². The van der Waals surface area contributed by atoms with Gasteiger partial charge in [0.05, 0.1) is 0 Å². The third-order valence-electron chi connectivity index (χ3n) is 3.05. The van der Waals surface area contributed by atoms with Gasteiger partial charge in [-0.15, -0.1) is 0 Å². The molecule has 0 radical (unpaired) electrons. The Hall–Kier alpha value is -1.72. The summed E-state index contributed by atoms with van der Waals surface area (Å²) in [6, 6.07) is 0. The molecule has 0 bridgehead atoms. The van der Waals surface area contributed by atoms with Crippen LogP contribution < -0.4 is 0 Å². The average Bonchev–Trinajstić information content (AvgIpc) is 2.86. The number of carbonyl (C=O) groups is 4. The zero-order valence-electron chi connectivity index (χ0n) is 9.48. The molecule has 0 spiro atoms. The van der Waals surface area contributed by atoms with Gasteiger partial charge in [-0.1, -0.05) is 0 Å². The van der Waals surface area contributed by atoms with Gasteiger partial charge in [0, 0.05) is 25.9 Å². The molecule has 0 unspecified atom stereocenters. The van der Waals surface area contributed by atoms with E-state index in [0.29, 0.717) is 38.8 Å². The zero-order valence-corrected chi connectivity index (χ0v) is 9.48. The minimum absolute atomic E-state index is 0.226. The van der Waals surface area contributed by atoms with Gasteiger partial charge in [0.25, 0.3) is 0 Å². The summed E-state index contributed by atoms with van der Waals surface area (Å²) in [6.07, 6.45) is 1.66. The van der Waals surface area contributed by atoms with E-state index in [9.17, 15) is 19.2 Å². The second-order valence-corrected chi connectivity index (χ2v) is 4.26. The van der Waals surface area contributed by atoms with E-state index in [-0.39, 0.29) is 18.2 Å². The van der Waals surface area contributed by atoms with Crippen LogP contribution in [0.4, 0.5) is 0 Å². The van der Waals surface area contributed by atoms with E-state index in [1.165, 1.54) is 0 Å². The summed E-state index contributed by atoms with van der Waals surface area (Å²) in [6.45, 7) is 0.776. The first-order valence-corrected chi connectivity index (χ1v) is 5.76. The van der Waals surface area contributed by atoms with E-state index in [1.807, 2.05) is 0 Å². The maximum atomic E-state index is 11.7. The summed E-state index contributed by atoms with van der Waals surface area (Å²) in [4.78, 5) is 48.2. The molecule has 92 valence electrons. The molecule has 0 saturated carbocycles. The molecule has 0 aliphatic carbocycles. The van der Waals surface area contributed by atoms with Crippen molar-refractivity contribution in [3.05, 3.63) is 0 Å². The Morgan fingerprint density at radius 2 is 1.29 bits per heavy atom. The molecule has 0 N–H and O–H groups in total. The SMILES string of the molecule is O=C1CCCN1C(=O)CC(=O)N1CCCC1=O. The van der Waals surface area contributed by atoms with Gasteiger partial charge >= 0.3 is 0 Å². The molecule has 2 aliphatic heterocycles. The summed E-state index contributed by atoms with van der Waals surface area (Å²) in [7, 11) is 0. The van der Waals surface area contributed by atoms with Crippen LogP contribution in [0.5, 0.6) is 0 Å². The molecule has 2 heterocycles. The number of amides is 4. The first-order valence-electron chi connectivity index (χ1n) is 5.76. The number of likely N-dealkylation sites (tertiary alicyclic amines) is 2. The third kappa shape index (κ3) is 2.35. The van der Waals surface area contributed by atoms with Crippen molar-refractivity contribution in [1.29, 1.82) is 0 Å². The predicted molar refractivity (Wildman–Crippen MR) is 56.5 cm³/mol. The topological polar surface area (TPSA) is 74.8 Å². The molecule has 17 heavy (non-hydrogen) atoms. The Balaban J connectivity index is 1.92. The second-order valence-electron chi connectivity index (χ2n) is 4.26. The highest BCUT2D eigenvalue weighted by Gasteiger charge is 2.32. The van der Waals surface area contributed by atoms with Gasteiger partial charge in [0.15, 0.2) is 0 Å². The van der Waals surface area contributed by atoms with Crippen molar-refractivity contribution in [1.82, 2.24) is 9.80 Å². The fraction of sp³-hybridized carbons (Fsp3) is 0.636. The number of carbonyl (C=O) groups excluding carboxylic acids is 4. The van der Waals surface area contributed by atoms with Crippen LogP contribution >= 0.6 is 0 Å². The standard InChI is InChI=1S/C11H14N2O4/c14-8-3-1-5-12(8)10(16)7-11(17)13-6-2-4-9(13)15/h1-7H2. The van der Waals surface area contributed by atoms with Crippen LogP contribution in [0.2, 0.25) is 0 Å². The largest absolute Gasteiger partial charge is 0.282 e. The first kappa shape index (κ1) is 11.8. The number of hydrogen-bond donors (Lipinski definition) is 0. The van der Waals surface area contributed by atoms with Crippen molar-refractivity contribution in [2.75, 3.05) is 13.1 Å². The van der Waals surface area contributed by atoms with Crippen molar-refractivity contribution in [3.8, 4) is 0 Å². The van der Waals surface area contributed by atoms with Crippen LogP contribution in [-0.4, -0.2) is 46.5 Å². The van der Waals surface area contributed by atoms with Gasteiger partial charge < -0.3 is 0 Å². The number of nitrogens with zero attached hydrogens (tertiary/aromatic N) is 2. The van der Waals surface area contributed by atoms with E-state index in [2.05, 4.69) is 0 Å². The minimum Gasteiger partial charge on any atom is -0.282 e. The molecule has 0 aromatic rings. The lowest BCUT2D eigenvalue weighted by Crippen LogP contribution is -2.39. The molecule has 0 aromatic carbocycles. The zero-order chi connectivity index (χ0) is 12.4. The Morgan fingerprint density at radius 1 is 0.882 bits per heavy atom. The highest BCUT2D eigenvalue weighted by atomic mass is 16.2. The fourth-order valence-electron chi connectivity index (χ4n) is 2.14. The van der Waals surface area contributed by atoms with Gasteiger partial charge in [-0.3, -0.25) is 29.0 Å². The highest BCUT2D eigenvalue weighted by molar-refractivity contribution is 6.08. The molecule has 2 saturated heterocycles. The van der Waals surface area contributed by atoms with Crippen LogP contribution in [0, 0.1) is 0 Å². The first-order chi connectivity index (χ1) is 8.09. The molecular formula is C11H14N2O4. The quantitative estimate of drug-likeness (QED) is 0.618. The van der Waals surface area contributed by atoms with Gasteiger partial charge in [-0.25, -0.2) is 0 Å². The second kappa shape index (κ2) is 4.65. The minimum atomic E-state index is -0.489. The number of rotatable bonds is 2. The fourth-order valence-corrected chi connectivity index (χ4v) is 2.14. The summed E-state index contributed by atoms with van der Waals surface area (Å²) < 4.78 is 0. The van der Waals surface area contributed by atoms with Gasteiger partial charge in [-0.05, 0) is 12.8 Å². The van der Waals surface area contributed by atoms with E-state index in [1.54, 1.807) is 0 Å².